The van der Waals surface area contributed by atoms with Crippen LogP contribution in [0.5, 0.6) is 0 Å². The molecule has 0 radical (unpaired) electrons. The third-order valence-electron chi connectivity index (χ3n) is 4.92. The minimum absolute atomic E-state index is 0.171. The van der Waals surface area contributed by atoms with Gasteiger partial charge in [-0.05, 0) is 12.5 Å². The smallest absolute Gasteiger partial charge is 0.158 e. The van der Waals surface area contributed by atoms with Gasteiger partial charge in [0, 0.05) is 30.9 Å². The molecule has 0 spiro atoms. The fraction of sp³-hybridized carbons (Fsp3) is 0.200. The van der Waals surface area contributed by atoms with E-state index in [1.165, 1.54) is 0 Å². The van der Waals surface area contributed by atoms with Crippen LogP contribution in [0, 0.1) is 0 Å². The summed E-state index contributed by atoms with van der Waals surface area (Å²) >= 11 is 0. The lowest BCUT2D eigenvalue weighted by molar-refractivity contribution is 0.751. The van der Waals surface area contributed by atoms with Crippen LogP contribution in [-0.2, 0) is 0 Å². The molecule has 4 aromatic rings. The number of imidazole rings is 1. The van der Waals surface area contributed by atoms with Gasteiger partial charge in [0.15, 0.2) is 11.6 Å². The van der Waals surface area contributed by atoms with E-state index in [9.17, 15) is 0 Å². The van der Waals surface area contributed by atoms with Gasteiger partial charge in [-0.25, -0.2) is 19.9 Å². The molecule has 1 aliphatic rings. The molecular weight excluding hydrogens is 352 g/mol. The van der Waals surface area contributed by atoms with Crippen molar-refractivity contribution in [2.75, 3.05) is 23.3 Å². The molecule has 5 rings (SSSR count). The van der Waals surface area contributed by atoms with E-state index in [1.807, 2.05) is 36.4 Å². The van der Waals surface area contributed by atoms with E-state index in [0.717, 1.165) is 53.4 Å². The number of benzene rings is 1. The van der Waals surface area contributed by atoms with E-state index in [4.69, 9.17) is 10.7 Å². The Bertz CT molecular complexity index is 1110. The third-order valence-corrected chi connectivity index (χ3v) is 4.92. The van der Waals surface area contributed by atoms with Crippen molar-refractivity contribution in [3.05, 3.63) is 55.1 Å². The maximum absolute atomic E-state index is 6.07. The van der Waals surface area contributed by atoms with Crippen LogP contribution in [0.2, 0.25) is 0 Å². The minimum atomic E-state index is 0.171. The van der Waals surface area contributed by atoms with Crippen molar-refractivity contribution in [2.24, 2.45) is 5.73 Å². The van der Waals surface area contributed by atoms with Gasteiger partial charge < -0.3 is 20.9 Å². The second-order valence-electron chi connectivity index (χ2n) is 6.89. The number of hydrogen-bond acceptors (Lipinski definition) is 7. The van der Waals surface area contributed by atoms with Crippen LogP contribution < -0.4 is 16.0 Å². The van der Waals surface area contributed by atoms with Gasteiger partial charge >= 0.3 is 0 Å². The van der Waals surface area contributed by atoms with Crippen LogP contribution in [0.25, 0.3) is 22.4 Å². The number of H-pyrrole nitrogens is 1. The Morgan fingerprint density at radius 2 is 2.04 bits per heavy atom. The minimum Gasteiger partial charge on any atom is -0.353 e. The summed E-state index contributed by atoms with van der Waals surface area (Å²) in [6.45, 7) is 1.66. The van der Waals surface area contributed by atoms with Crippen LogP contribution in [0.15, 0.2) is 55.1 Å². The van der Waals surface area contributed by atoms with E-state index >= 15 is 0 Å². The number of anilines is 3. The van der Waals surface area contributed by atoms with E-state index in [1.54, 1.807) is 18.7 Å². The number of aromatic nitrogens is 5. The van der Waals surface area contributed by atoms with Gasteiger partial charge in [0.1, 0.15) is 23.4 Å². The highest BCUT2D eigenvalue weighted by atomic mass is 15.2. The highest BCUT2D eigenvalue weighted by Gasteiger charge is 2.23. The third kappa shape index (κ3) is 3.03. The number of nitrogens with two attached hydrogens (primary N) is 1. The first-order valence-electron chi connectivity index (χ1n) is 9.25. The summed E-state index contributed by atoms with van der Waals surface area (Å²) in [5.74, 6) is 2.30. The molecule has 1 fully saturated rings. The number of rotatable bonds is 4. The Labute approximate surface area is 161 Å². The number of hydrogen-bond donors (Lipinski definition) is 3. The number of aromatic amines is 1. The molecule has 3 aromatic heterocycles. The highest BCUT2D eigenvalue weighted by Crippen LogP contribution is 2.30. The zero-order valence-corrected chi connectivity index (χ0v) is 15.2. The van der Waals surface area contributed by atoms with Crippen molar-refractivity contribution in [1.82, 2.24) is 24.9 Å². The molecule has 1 aromatic carbocycles. The van der Waals surface area contributed by atoms with Crippen LogP contribution >= 0.6 is 0 Å². The molecule has 4 N–H and O–H groups in total. The molecule has 8 nitrogen and oxygen atoms in total. The molecule has 140 valence electrons. The van der Waals surface area contributed by atoms with Crippen molar-refractivity contribution < 1.29 is 0 Å². The van der Waals surface area contributed by atoms with Gasteiger partial charge in [-0.2, -0.15) is 0 Å². The van der Waals surface area contributed by atoms with E-state index in [0.29, 0.717) is 5.82 Å². The molecule has 0 bridgehead atoms. The standard InChI is InChI=1S/C20H20N8/c21-14-7-9-28(11-14)20-16(10-22-12-24-20)26-19-17-15(6-8-23-19)25-18(27-17)13-4-2-1-3-5-13/h1-6,8,10,12,14H,7,9,11,21H2,(H,23,26)(H,25,27)/t14-/m0/s1. The van der Waals surface area contributed by atoms with Gasteiger partial charge in [-0.15, -0.1) is 0 Å². The van der Waals surface area contributed by atoms with Crippen LogP contribution in [0.3, 0.4) is 0 Å². The number of fused-ring (bicyclic) bond motifs is 1. The lowest BCUT2D eigenvalue weighted by Crippen LogP contribution is -2.27. The first kappa shape index (κ1) is 16.6. The SMILES string of the molecule is N[C@H]1CCN(c2ncncc2Nc2nccc3[nH]c(-c4ccccc4)nc23)C1. The fourth-order valence-electron chi connectivity index (χ4n) is 3.53. The molecule has 1 aliphatic heterocycles. The quantitative estimate of drug-likeness (QED) is 0.505. The van der Waals surface area contributed by atoms with Crippen LogP contribution in [0.4, 0.5) is 17.3 Å². The van der Waals surface area contributed by atoms with E-state index in [-0.39, 0.29) is 6.04 Å². The second kappa shape index (κ2) is 6.90. The summed E-state index contributed by atoms with van der Waals surface area (Å²) in [5.41, 5.74) is 9.57. The Balaban J connectivity index is 1.52. The molecule has 8 heteroatoms. The zero-order valence-electron chi connectivity index (χ0n) is 15.2. The average molecular weight is 372 g/mol. The van der Waals surface area contributed by atoms with Crippen molar-refractivity contribution in [3.63, 3.8) is 0 Å². The topological polar surface area (TPSA) is 109 Å². The average Bonchev–Trinajstić information content (AvgIpc) is 3.36. The molecule has 1 saturated heterocycles. The molecular formula is C20H20N8. The van der Waals surface area contributed by atoms with Crippen molar-refractivity contribution in [1.29, 1.82) is 0 Å². The van der Waals surface area contributed by atoms with Crippen LogP contribution in [0.1, 0.15) is 6.42 Å². The number of nitrogens with one attached hydrogen (secondary N) is 2. The van der Waals surface area contributed by atoms with Gasteiger partial charge in [0.05, 0.1) is 11.7 Å². The number of pyridine rings is 1. The van der Waals surface area contributed by atoms with Crippen LogP contribution in [-0.4, -0.2) is 44.1 Å². The molecule has 0 saturated carbocycles. The zero-order chi connectivity index (χ0) is 18.9. The molecule has 0 unspecified atom stereocenters. The summed E-state index contributed by atoms with van der Waals surface area (Å²) in [6, 6.07) is 12.1. The summed E-state index contributed by atoms with van der Waals surface area (Å²) in [6.07, 6.45) is 6.03. The largest absolute Gasteiger partial charge is 0.353 e. The fourth-order valence-corrected chi connectivity index (χ4v) is 3.53. The first-order valence-corrected chi connectivity index (χ1v) is 9.25. The second-order valence-corrected chi connectivity index (χ2v) is 6.89. The molecule has 0 aliphatic carbocycles. The van der Waals surface area contributed by atoms with Gasteiger partial charge in [0.25, 0.3) is 0 Å². The molecule has 4 heterocycles. The summed E-state index contributed by atoms with van der Waals surface area (Å²) in [7, 11) is 0. The molecule has 28 heavy (non-hydrogen) atoms. The molecule has 0 amide bonds. The maximum Gasteiger partial charge on any atom is 0.158 e. The summed E-state index contributed by atoms with van der Waals surface area (Å²) in [5, 5.41) is 3.37. The maximum atomic E-state index is 6.07. The van der Waals surface area contributed by atoms with Crippen molar-refractivity contribution in [2.45, 2.75) is 12.5 Å². The molecule has 1 atom stereocenters. The first-order chi connectivity index (χ1) is 13.8. The Kier molecular flexibility index (Phi) is 4.10. The summed E-state index contributed by atoms with van der Waals surface area (Å²) < 4.78 is 0. The Morgan fingerprint density at radius 1 is 1.14 bits per heavy atom. The van der Waals surface area contributed by atoms with Gasteiger partial charge in [-0.3, -0.25) is 0 Å². The van der Waals surface area contributed by atoms with Crippen molar-refractivity contribution >= 4 is 28.4 Å². The number of nitrogens with zero attached hydrogens (tertiary/aromatic N) is 5. The highest BCUT2D eigenvalue weighted by molar-refractivity contribution is 5.90. The van der Waals surface area contributed by atoms with Gasteiger partial charge in [-0.1, -0.05) is 30.3 Å². The monoisotopic (exact) mass is 372 g/mol. The predicted molar refractivity (Wildman–Crippen MR) is 109 cm³/mol. The summed E-state index contributed by atoms with van der Waals surface area (Å²) in [4.78, 5) is 23.4. The van der Waals surface area contributed by atoms with Crippen molar-refractivity contribution in [3.8, 4) is 11.4 Å². The lowest BCUT2D eigenvalue weighted by atomic mass is 10.2. The predicted octanol–water partition coefficient (Wildman–Crippen LogP) is 2.70. The Morgan fingerprint density at radius 3 is 2.86 bits per heavy atom. The van der Waals surface area contributed by atoms with E-state index in [2.05, 4.69) is 30.2 Å². The van der Waals surface area contributed by atoms with E-state index < -0.39 is 0 Å². The normalized spacial score (nSPS) is 16.6. The Hall–Kier alpha value is -3.52. The van der Waals surface area contributed by atoms with Gasteiger partial charge in [0.2, 0.25) is 0 Å². The lowest BCUT2D eigenvalue weighted by Gasteiger charge is -2.20.